The second kappa shape index (κ2) is 14.5. The predicted molar refractivity (Wildman–Crippen MR) is 225 cm³/mol. The molecule has 0 heterocycles. The maximum Gasteiger partial charge on any atom is 0.0540 e. The van der Waals surface area contributed by atoms with Crippen molar-refractivity contribution in [1.29, 1.82) is 0 Å². The Balaban J connectivity index is 0.960. The Labute approximate surface area is 312 Å². The van der Waals surface area contributed by atoms with E-state index in [1.165, 1.54) is 66.2 Å². The number of rotatable bonds is 9. The van der Waals surface area contributed by atoms with E-state index in [9.17, 15) is 0 Å². The van der Waals surface area contributed by atoms with Gasteiger partial charge in [0.2, 0.25) is 0 Å². The first-order valence-corrected chi connectivity index (χ1v) is 18.4. The zero-order chi connectivity index (χ0) is 35.4. The summed E-state index contributed by atoms with van der Waals surface area (Å²) in [6.45, 7) is 0. The van der Waals surface area contributed by atoms with Crippen molar-refractivity contribution >= 4 is 38.6 Å². The van der Waals surface area contributed by atoms with E-state index in [4.69, 9.17) is 0 Å². The molecule has 1 atom stereocenters. The lowest BCUT2D eigenvalue weighted by Gasteiger charge is -2.27. The van der Waals surface area contributed by atoms with Gasteiger partial charge in [0.25, 0.3) is 0 Å². The van der Waals surface area contributed by atoms with Crippen molar-refractivity contribution < 1.29 is 0 Å². The smallest absolute Gasteiger partial charge is 0.0540 e. The Morgan fingerprint density at radius 2 is 0.792 bits per heavy atom. The summed E-state index contributed by atoms with van der Waals surface area (Å²) in [6.07, 6.45) is 0.940. The molecule has 0 aliphatic rings. The Morgan fingerprint density at radius 1 is 0.340 bits per heavy atom. The lowest BCUT2D eigenvalue weighted by atomic mass is 9.83. The average molecular weight is 678 g/mol. The molecule has 0 saturated heterocycles. The minimum Gasteiger partial charge on any atom is -0.310 e. The molecule has 0 aromatic heterocycles. The molecule has 0 fully saturated rings. The van der Waals surface area contributed by atoms with E-state index in [0.717, 1.165) is 17.8 Å². The van der Waals surface area contributed by atoms with Crippen LogP contribution in [0.5, 0.6) is 0 Å². The molecule has 1 heteroatoms. The van der Waals surface area contributed by atoms with E-state index in [0.29, 0.717) is 0 Å². The van der Waals surface area contributed by atoms with Crippen molar-refractivity contribution in [3.05, 3.63) is 235 Å². The van der Waals surface area contributed by atoms with Gasteiger partial charge in [0.15, 0.2) is 0 Å². The summed E-state index contributed by atoms with van der Waals surface area (Å²) in [6, 6.07) is 79.2. The fourth-order valence-corrected chi connectivity index (χ4v) is 7.78. The standard InChI is InChI=1S/C52H39N/c1-3-13-45(14-4-1)51(50-23-11-17-43-15-7-9-21-48(43)50)37-38-25-27-39(28-26-38)40-29-31-41(32-30-40)42-33-35-47(36-34-42)53(46-19-5-2-6-20-46)52-24-12-18-44-16-8-10-22-49(44)52/h1-36,51H,37H2. The Morgan fingerprint density at radius 3 is 1.43 bits per heavy atom. The maximum absolute atomic E-state index is 2.35. The van der Waals surface area contributed by atoms with Crippen molar-refractivity contribution in [1.82, 2.24) is 0 Å². The van der Waals surface area contributed by atoms with E-state index >= 15 is 0 Å². The third kappa shape index (κ3) is 6.62. The molecule has 0 radical (unpaired) electrons. The number of anilines is 3. The molecule has 252 valence electrons. The molecule has 0 amide bonds. The lowest BCUT2D eigenvalue weighted by Crippen LogP contribution is -2.10. The summed E-state index contributed by atoms with van der Waals surface area (Å²) in [4.78, 5) is 2.35. The van der Waals surface area contributed by atoms with Crippen LogP contribution < -0.4 is 4.90 Å². The zero-order valence-corrected chi connectivity index (χ0v) is 29.5. The van der Waals surface area contributed by atoms with Crippen LogP contribution in [-0.2, 0) is 6.42 Å². The molecular weight excluding hydrogens is 639 g/mol. The minimum absolute atomic E-state index is 0.269. The molecule has 1 nitrogen and oxygen atoms in total. The van der Waals surface area contributed by atoms with Crippen molar-refractivity contribution in [3.63, 3.8) is 0 Å². The topological polar surface area (TPSA) is 3.24 Å². The van der Waals surface area contributed by atoms with Gasteiger partial charge in [-0.05, 0) is 91.9 Å². The van der Waals surface area contributed by atoms with Crippen LogP contribution in [0.4, 0.5) is 17.1 Å². The molecule has 9 rings (SSSR count). The first kappa shape index (κ1) is 32.2. The Kier molecular flexibility index (Phi) is 8.82. The van der Waals surface area contributed by atoms with Gasteiger partial charge in [-0.25, -0.2) is 0 Å². The maximum atomic E-state index is 2.35. The Bertz CT molecular complexity index is 2600. The molecule has 0 bridgehead atoms. The third-order valence-electron chi connectivity index (χ3n) is 10.5. The average Bonchev–Trinajstić information content (AvgIpc) is 3.24. The molecule has 9 aromatic rings. The SMILES string of the molecule is c1ccc(C(Cc2ccc(-c3ccc(-c4ccc(N(c5ccccc5)c5cccc6ccccc56)cc4)cc3)cc2)c2cccc3ccccc23)cc1. The van der Waals surface area contributed by atoms with E-state index in [-0.39, 0.29) is 5.92 Å². The van der Waals surface area contributed by atoms with E-state index in [2.05, 4.69) is 223 Å². The van der Waals surface area contributed by atoms with Gasteiger partial charge in [-0.1, -0.05) is 188 Å². The highest BCUT2D eigenvalue weighted by atomic mass is 15.1. The number of nitrogens with zero attached hydrogens (tertiary/aromatic N) is 1. The number of hydrogen-bond donors (Lipinski definition) is 0. The monoisotopic (exact) mass is 677 g/mol. The minimum atomic E-state index is 0.269. The molecular formula is C52H39N. The van der Waals surface area contributed by atoms with E-state index in [1.807, 2.05) is 0 Å². The van der Waals surface area contributed by atoms with E-state index < -0.39 is 0 Å². The van der Waals surface area contributed by atoms with Gasteiger partial charge < -0.3 is 4.90 Å². The van der Waals surface area contributed by atoms with Crippen molar-refractivity contribution in [2.75, 3.05) is 4.90 Å². The molecule has 0 saturated carbocycles. The van der Waals surface area contributed by atoms with Gasteiger partial charge in [-0.3, -0.25) is 0 Å². The molecule has 1 unspecified atom stereocenters. The zero-order valence-electron chi connectivity index (χ0n) is 29.5. The summed E-state index contributed by atoms with van der Waals surface area (Å²) in [5.41, 5.74) is 12.3. The molecule has 0 aliphatic heterocycles. The van der Waals surface area contributed by atoms with Crippen LogP contribution >= 0.6 is 0 Å². The first-order valence-electron chi connectivity index (χ1n) is 18.4. The fourth-order valence-electron chi connectivity index (χ4n) is 7.78. The molecule has 0 spiro atoms. The van der Waals surface area contributed by atoms with Gasteiger partial charge >= 0.3 is 0 Å². The summed E-state index contributed by atoms with van der Waals surface area (Å²) in [5.74, 6) is 0.269. The number of fused-ring (bicyclic) bond motifs is 2. The number of para-hydroxylation sites is 1. The normalized spacial score (nSPS) is 11.8. The molecule has 0 N–H and O–H groups in total. The molecule has 9 aromatic carbocycles. The van der Waals surface area contributed by atoms with Gasteiger partial charge in [-0.2, -0.15) is 0 Å². The highest BCUT2D eigenvalue weighted by molar-refractivity contribution is 5.99. The largest absolute Gasteiger partial charge is 0.310 e. The van der Waals surface area contributed by atoms with Crippen molar-refractivity contribution in [3.8, 4) is 22.3 Å². The molecule has 0 aliphatic carbocycles. The van der Waals surface area contributed by atoms with Crippen molar-refractivity contribution in [2.24, 2.45) is 0 Å². The van der Waals surface area contributed by atoms with Gasteiger partial charge in [0.05, 0.1) is 5.69 Å². The van der Waals surface area contributed by atoms with Crippen LogP contribution in [0.15, 0.2) is 218 Å². The highest BCUT2D eigenvalue weighted by Gasteiger charge is 2.18. The molecule has 53 heavy (non-hydrogen) atoms. The third-order valence-corrected chi connectivity index (χ3v) is 10.5. The lowest BCUT2D eigenvalue weighted by molar-refractivity contribution is 0.812. The summed E-state index contributed by atoms with van der Waals surface area (Å²) < 4.78 is 0. The quantitative estimate of drug-likeness (QED) is 0.147. The van der Waals surface area contributed by atoms with Crippen LogP contribution in [0, 0.1) is 0 Å². The first-order chi connectivity index (χ1) is 26.3. The second-order valence-electron chi connectivity index (χ2n) is 13.7. The summed E-state index contributed by atoms with van der Waals surface area (Å²) in [5, 5.41) is 5.08. The van der Waals surface area contributed by atoms with Crippen LogP contribution in [0.25, 0.3) is 43.8 Å². The van der Waals surface area contributed by atoms with Crippen LogP contribution in [-0.4, -0.2) is 0 Å². The van der Waals surface area contributed by atoms with Crippen LogP contribution in [0.1, 0.15) is 22.6 Å². The predicted octanol–water partition coefficient (Wildman–Crippen LogP) is 14.2. The van der Waals surface area contributed by atoms with Crippen molar-refractivity contribution in [2.45, 2.75) is 12.3 Å². The van der Waals surface area contributed by atoms with Gasteiger partial charge in [-0.15, -0.1) is 0 Å². The van der Waals surface area contributed by atoms with E-state index in [1.54, 1.807) is 0 Å². The van der Waals surface area contributed by atoms with Gasteiger partial charge in [0, 0.05) is 22.7 Å². The number of hydrogen-bond acceptors (Lipinski definition) is 1. The van der Waals surface area contributed by atoms with Gasteiger partial charge in [0.1, 0.15) is 0 Å². The number of benzene rings is 9. The Hall–Kier alpha value is -6.70. The second-order valence-corrected chi connectivity index (χ2v) is 13.7. The summed E-state index contributed by atoms with van der Waals surface area (Å²) >= 11 is 0. The fraction of sp³-hybridized carbons (Fsp3) is 0.0385. The highest BCUT2D eigenvalue weighted by Crippen LogP contribution is 2.40. The van der Waals surface area contributed by atoms with Crippen LogP contribution in [0.2, 0.25) is 0 Å². The van der Waals surface area contributed by atoms with Crippen LogP contribution in [0.3, 0.4) is 0 Å². The summed E-state index contributed by atoms with van der Waals surface area (Å²) in [7, 11) is 0.